The van der Waals surface area contributed by atoms with Gasteiger partial charge in [0.05, 0.1) is 39.6 Å². The lowest BCUT2D eigenvalue weighted by atomic mass is 10.1. The van der Waals surface area contributed by atoms with E-state index in [1.54, 1.807) is 68.6 Å². The molecule has 35 heavy (non-hydrogen) atoms. The molecule has 8 heteroatoms. The number of ether oxygens (including phenoxy) is 6. The van der Waals surface area contributed by atoms with Crippen LogP contribution in [-0.2, 0) is 0 Å². The van der Waals surface area contributed by atoms with Crippen molar-refractivity contribution in [1.82, 2.24) is 0 Å². The number of methoxy groups -OCH3 is 4. The second-order valence-corrected chi connectivity index (χ2v) is 7.61. The van der Waals surface area contributed by atoms with Gasteiger partial charge in [-0.15, -0.1) is 0 Å². The molecule has 1 heterocycles. The molecule has 0 radical (unpaired) electrons. The molecule has 1 aliphatic heterocycles. The quantitative estimate of drug-likeness (QED) is 0.271. The highest BCUT2D eigenvalue weighted by Crippen LogP contribution is 2.40. The summed E-state index contributed by atoms with van der Waals surface area (Å²) in [6.45, 7) is 1.72. The number of Topliss-reactive ketones (excluding diaryl/α,β-unsaturated/α-hetero) is 1. The van der Waals surface area contributed by atoms with Gasteiger partial charge in [-0.1, -0.05) is 6.07 Å². The molecule has 4 rings (SSSR count). The summed E-state index contributed by atoms with van der Waals surface area (Å²) >= 11 is 0. The van der Waals surface area contributed by atoms with Crippen LogP contribution in [0.5, 0.6) is 34.5 Å². The lowest BCUT2D eigenvalue weighted by Gasteiger charge is -2.11. The maximum Gasteiger partial charge on any atom is 0.343 e. The molecule has 0 spiro atoms. The third-order valence-electron chi connectivity index (χ3n) is 5.53. The molecule has 0 saturated heterocycles. The molecule has 0 aliphatic carbocycles. The van der Waals surface area contributed by atoms with Gasteiger partial charge in [0, 0.05) is 11.6 Å². The smallest absolute Gasteiger partial charge is 0.343 e. The van der Waals surface area contributed by atoms with Crippen molar-refractivity contribution >= 4 is 17.8 Å². The minimum absolute atomic E-state index is 0.149. The molecular weight excluding hydrogens is 452 g/mol. The van der Waals surface area contributed by atoms with Gasteiger partial charge in [-0.25, -0.2) is 4.79 Å². The highest BCUT2D eigenvalue weighted by molar-refractivity contribution is 6.15. The summed E-state index contributed by atoms with van der Waals surface area (Å²) in [5.74, 6) is 1.92. The van der Waals surface area contributed by atoms with Crippen molar-refractivity contribution in [2.45, 2.75) is 6.92 Å². The summed E-state index contributed by atoms with van der Waals surface area (Å²) in [6.07, 6.45) is 1.62. The van der Waals surface area contributed by atoms with E-state index < -0.39 is 5.97 Å². The first-order chi connectivity index (χ1) is 16.9. The highest BCUT2D eigenvalue weighted by Gasteiger charge is 2.31. The maximum atomic E-state index is 12.9. The van der Waals surface area contributed by atoms with Crippen molar-refractivity contribution in [2.24, 2.45) is 0 Å². The number of rotatable bonds is 7. The first-order valence-electron chi connectivity index (χ1n) is 10.6. The first kappa shape index (κ1) is 23.7. The Labute approximate surface area is 202 Å². The molecule has 0 bridgehead atoms. The van der Waals surface area contributed by atoms with Gasteiger partial charge < -0.3 is 28.4 Å². The second-order valence-electron chi connectivity index (χ2n) is 7.61. The zero-order valence-electron chi connectivity index (χ0n) is 20.0. The van der Waals surface area contributed by atoms with Crippen molar-refractivity contribution < 1.29 is 38.0 Å². The second kappa shape index (κ2) is 9.80. The van der Waals surface area contributed by atoms with Crippen LogP contribution in [0.4, 0.5) is 0 Å². The zero-order chi connectivity index (χ0) is 25.1. The third kappa shape index (κ3) is 4.63. The molecule has 0 amide bonds. The van der Waals surface area contributed by atoms with Crippen LogP contribution < -0.4 is 28.4 Å². The molecule has 0 unspecified atom stereocenters. The van der Waals surface area contributed by atoms with E-state index >= 15 is 0 Å². The molecule has 0 N–H and O–H groups in total. The van der Waals surface area contributed by atoms with Crippen LogP contribution >= 0.6 is 0 Å². The molecule has 0 atom stereocenters. The van der Waals surface area contributed by atoms with E-state index in [2.05, 4.69) is 0 Å². The Kier molecular flexibility index (Phi) is 6.64. The van der Waals surface area contributed by atoms with Gasteiger partial charge in [-0.05, 0) is 55.0 Å². The number of esters is 1. The van der Waals surface area contributed by atoms with Crippen LogP contribution in [0.3, 0.4) is 0 Å². The predicted octanol–water partition coefficient (Wildman–Crippen LogP) is 4.86. The Morgan fingerprint density at radius 3 is 2.09 bits per heavy atom. The lowest BCUT2D eigenvalue weighted by Crippen LogP contribution is -2.10. The summed E-state index contributed by atoms with van der Waals surface area (Å²) in [4.78, 5) is 25.8. The van der Waals surface area contributed by atoms with Crippen molar-refractivity contribution in [3.63, 3.8) is 0 Å². The van der Waals surface area contributed by atoms with Crippen molar-refractivity contribution in [3.8, 4) is 34.5 Å². The van der Waals surface area contributed by atoms with Crippen LogP contribution in [0.2, 0.25) is 0 Å². The van der Waals surface area contributed by atoms with Crippen molar-refractivity contribution in [2.75, 3.05) is 28.4 Å². The molecule has 3 aromatic carbocycles. The van der Waals surface area contributed by atoms with E-state index in [-0.39, 0.29) is 22.9 Å². The Balaban J connectivity index is 1.60. The molecule has 0 fully saturated rings. The van der Waals surface area contributed by atoms with E-state index in [0.717, 1.165) is 0 Å². The Morgan fingerprint density at radius 2 is 1.46 bits per heavy atom. The average Bonchev–Trinajstić information content (AvgIpc) is 3.20. The maximum absolute atomic E-state index is 12.9. The van der Waals surface area contributed by atoms with E-state index in [1.807, 2.05) is 0 Å². The minimum Gasteiger partial charge on any atom is -0.497 e. The fraction of sp³-hybridized carbons (Fsp3) is 0.185. The van der Waals surface area contributed by atoms with Crippen molar-refractivity contribution in [1.29, 1.82) is 0 Å². The molecule has 0 aromatic heterocycles. The standard InChI is InChI=1S/C27H24O8/c1-15-21(35-27(29)17-12-18(30-2)14-19(13-17)31-3)9-7-20-25(28)24(34-26(15)20)11-16-6-8-22(32-4)23(10-16)33-5/h6-14H,1-5H3/b24-11-. The van der Waals surface area contributed by atoms with Gasteiger partial charge in [0.2, 0.25) is 5.78 Å². The number of benzene rings is 3. The average molecular weight is 476 g/mol. The number of hydrogen-bond acceptors (Lipinski definition) is 8. The van der Waals surface area contributed by atoms with Crippen LogP contribution in [0.15, 0.2) is 54.3 Å². The molecule has 3 aromatic rings. The van der Waals surface area contributed by atoms with Gasteiger partial charge in [0.15, 0.2) is 17.3 Å². The van der Waals surface area contributed by atoms with E-state index in [4.69, 9.17) is 28.4 Å². The topological polar surface area (TPSA) is 89.5 Å². The number of carbonyl (C=O) groups is 2. The van der Waals surface area contributed by atoms with Gasteiger partial charge in [0.25, 0.3) is 0 Å². The van der Waals surface area contributed by atoms with Crippen LogP contribution in [0.25, 0.3) is 6.08 Å². The highest BCUT2D eigenvalue weighted by atomic mass is 16.5. The summed E-state index contributed by atoms with van der Waals surface area (Å²) in [6, 6.07) is 13.2. The molecule has 0 saturated carbocycles. The fourth-order valence-electron chi connectivity index (χ4n) is 3.66. The van der Waals surface area contributed by atoms with E-state index in [1.165, 1.54) is 21.3 Å². The Hall–Kier alpha value is -4.46. The van der Waals surface area contributed by atoms with Crippen LogP contribution in [-0.4, -0.2) is 40.2 Å². The fourth-order valence-corrected chi connectivity index (χ4v) is 3.66. The van der Waals surface area contributed by atoms with Gasteiger partial charge in [-0.3, -0.25) is 4.79 Å². The van der Waals surface area contributed by atoms with Gasteiger partial charge in [-0.2, -0.15) is 0 Å². The number of ketones is 1. The summed E-state index contributed by atoms with van der Waals surface area (Å²) in [5.41, 5.74) is 1.87. The molecular formula is C27H24O8. The number of allylic oxidation sites excluding steroid dienone is 1. The molecule has 8 nitrogen and oxygen atoms in total. The van der Waals surface area contributed by atoms with Crippen LogP contribution in [0.1, 0.15) is 31.8 Å². The van der Waals surface area contributed by atoms with Gasteiger partial charge >= 0.3 is 5.97 Å². The minimum atomic E-state index is -0.601. The molecule has 1 aliphatic rings. The summed E-state index contributed by atoms with van der Waals surface area (Å²) < 4.78 is 32.5. The monoisotopic (exact) mass is 476 g/mol. The van der Waals surface area contributed by atoms with Gasteiger partial charge in [0.1, 0.15) is 23.0 Å². The molecule has 180 valence electrons. The Bertz CT molecular complexity index is 1320. The van der Waals surface area contributed by atoms with E-state index in [0.29, 0.717) is 45.4 Å². The van der Waals surface area contributed by atoms with E-state index in [9.17, 15) is 9.59 Å². The Morgan fingerprint density at radius 1 is 0.800 bits per heavy atom. The normalized spacial score (nSPS) is 13.2. The number of carbonyl (C=O) groups excluding carboxylic acids is 2. The summed E-state index contributed by atoms with van der Waals surface area (Å²) in [5, 5.41) is 0. The zero-order valence-corrected chi connectivity index (χ0v) is 20.0. The first-order valence-corrected chi connectivity index (χ1v) is 10.6. The summed E-state index contributed by atoms with van der Waals surface area (Å²) in [7, 11) is 6.08. The predicted molar refractivity (Wildman–Crippen MR) is 128 cm³/mol. The van der Waals surface area contributed by atoms with Crippen LogP contribution in [0, 0.1) is 6.92 Å². The van der Waals surface area contributed by atoms with Crippen molar-refractivity contribution in [3.05, 3.63) is 76.5 Å². The number of hydrogen-bond donors (Lipinski definition) is 0. The number of fused-ring (bicyclic) bond motifs is 1. The SMILES string of the molecule is COc1cc(OC)cc(C(=O)Oc2ccc3c(c2C)O/C(=C\c2ccc(OC)c(OC)c2)C3=O)c1. The lowest BCUT2D eigenvalue weighted by molar-refractivity contribution is 0.0732. The third-order valence-corrected chi connectivity index (χ3v) is 5.53. The largest absolute Gasteiger partial charge is 0.497 e.